The van der Waals surface area contributed by atoms with Crippen molar-refractivity contribution in [2.75, 3.05) is 19.8 Å². The van der Waals surface area contributed by atoms with Crippen LogP contribution in [0.5, 0.6) is 0 Å². The lowest BCUT2D eigenvalue weighted by Crippen LogP contribution is -2.50. The number of carbonyl (C=O) groups is 1. The van der Waals surface area contributed by atoms with Crippen LogP contribution < -0.4 is 0 Å². The number of alkyl halides is 1. The van der Waals surface area contributed by atoms with E-state index in [9.17, 15) is 9.18 Å². The molecule has 1 aromatic rings. The molecule has 0 aromatic carbocycles. The van der Waals surface area contributed by atoms with Gasteiger partial charge in [0.2, 0.25) is 0 Å². The molecule has 1 aromatic heterocycles. The van der Waals surface area contributed by atoms with E-state index in [0.717, 1.165) is 4.88 Å². The molecule has 2 nitrogen and oxygen atoms in total. The normalized spacial score (nSPS) is 17.2. The number of hydrogen-bond donors (Lipinski definition) is 0. The van der Waals surface area contributed by atoms with Crippen LogP contribution >= 0.6 is 11.3 Å². The second-order valence-corrected chi connectivity index (χ2v) is 4.16. The Morgan fingerprint density at radius 3 is 3.00 bits per heavy atom. The predicted molar refractivity (Wildman–Crippen MR) is 49.7 cm³/mol. The van der Waals surface area contributed by atoms with Gasteiger partial charge in [0.1, 0.15) is 0 Å². The third kappa shape index (κ3) is 1.58. The monoisotopic (exact) mass is 199 g/mol. The molecule has 13 heavy (non-hydrogen) atoms. The molecule has 0 unspecified atom stereocenters. The zero-order chi connectivity index (χ0) is 9.26. The molecule has 1 saturated heterocycles. The lowest BCUT2D eigenvalue weighted by Gasteiger charge is -2.37. The maximum Gasteiger partial charge on any atom is 0.263 e. The van der Waals surface area contributed by atoms with E-state index < -0.39 is 0 Å². The van der Waals surface area contributed by atoms with Gasteiger partial charge in [-0.05, 0) is 11.4 Å². The Hall–Kier alpha value is -0.900. The lowest BCUT2D eigenvalue weighted by atomic mass is 10.0. The lowest BCUT2D eigenvalue weighted by molar-refractivity contribution is 0.0458. The predicted octanol–water partition coefficient (Wildman–Crippen LogP) is 1.79. The maximum absolute atomic E-state index is 12.1. The summed E-state index contributed by atoms with van der Waals surface area (Å²) < 4.78 is 12.1. The molecular weight excluding hydrogens is 189 g/mol. The smallest absolute Gasteiger partial charge is 0.263 e. The topological polar surface area (TPSA) is 20.3 Å². The van der Waals surface area contributed by atoms with Crippen molar-refractivity contribution in [3.8, 4) is 0 Å². The Morgan fingerprint density at radius 2 is 2.46 bits per heavy atom. The number of carbonyl (C=O) groups excluding carboxylic acids is 1. The number of thiophene rings is 1. The highest BCUT2D eigenvalue weighted by Gasteiger charge is 2.31. The molecule has 70 valence electrons. The van der Waals surface area contributed by atoms with E-state index in [1.165, 1.54) is 11.3 Å². The van der Waals surface area contributed by atoms with Gasteiger partial charge < -0.3 is 4.90 Å². The highest BCUT2D eigenvalue weighted by Crippen LogP contribution is 2.20. The van der Waals surface area contributed by atoms with E-state index in [4.69, 9.17) is 0 Å². The van der Waals surface area contributed by atoms with E-state index >= 15 is 0 Å². The molecule has 0 bridgehead atoms. The standard InChI is InChI=1S/C9H10FNOS/c10-4-7-5-11(6-7)9(12)8-2-1-3-13-8/h1-3,7H,4-6H2. The number of nitrogens with zero attached hydrogens (tertiary/aromatic N) is 1. The quantitative estimate of drug-likeness (QED) is 0.711. The van der Waals surface area contributed by atoms with Gasteiger partial charge in [-0.2, -0.15) is 0 Å². The first-order valence-electron chi connectivity index (χ1n) is 4.20. The van der Waals surface area contributed by atoms with Gasteiger partial charge in [-0.25, -0.2) is 0 Å². The summed E-state index contributed by atoms with van der Waals surface area (Å²) in [7, 11) is 0. The van der Waals surface area contributed by atoms with Gasteiger partial charge in [-0.1, -0.05) is 6.07 Å². The van der Waals surface area contributed by atoms with E-state index in [1.807, 2.05) is 11.4 Å². The van der Waals surface area contributed by atoms with Crippen molar-refractivity contribution in [1.29, 1.82) is 0 Å². The fraction of sp³-hybridized carbons (Fsp3) is 0.444. The minimum atomic E-state index is -0.311. The molecule has 0 saturated carbocycles. The zero-order valence-corrected chi connectivity index (χ0v) is 7.89. The second kappa shape index (κ2) is 3.46. The van der Waals surface area contributed by atoms with Crippen LogP contribution in [0.15, 0.2) is 17.5 Å². The Labute approximate surface area is 80.0 Å². The highest BCUT2D eigenvalue weighted by molar-refractivity contribution is 7.12. The fourth-order valence-electron chi connectivity index (χ4n) is 1.39. The summed E-state index contributed by atoms with van der Waals surface area (Å²) >= 11 is 1.43. The third-order valence-electron chi connectivity index (χ3n) is 2.19. The van der Waals surface area contributed by atoms with Crippen LogP contribution in [0.4, 0.5) is 4.39 Å². The summed E-state index contributed by atoms with van der Waals surface area (Å²) in [5, 5.41) is 1.87. The molecule has 0 spiro atoms. The second-order valence-electron chi connectivity index (χ2n) is 3.21. The van der Waals surface area contributed by atoms with Crippen molar-refractivity contribution in [3.05, 3.63) is 22.4 Å². The molecule has 4 heteroatoms. The first-order valence-corrected chi connectivity index (χ1v) is 5.08. The molecule has 1 amide bonds. The van der Waals surface area contributed by atoms with Gasteiger partial charge >= 0.3 is 0 Å². The van der Waals surface area contributed by atoms with Crippen LogP contribution in [0.25, 0.3) is 0 Å². The molecule has 2 rings (SSSR count). The van der Waals surface area contributed by atoms with Crippen LogP contribution in [0.2, 0.25) is 0 Å². The van der Waals surface area contributed by atoms with E-state index in [0.29, 0.717) is 13.1 Å². The third-order valence-corrected chi connectivity index (χ3v) is 3.05. The SMILES string of the molecule is O=C(c1cccs1)N1CC(CF)C1. The summed E-state index contributed by atoms with van der Waals surface area (Å²) in [5.41, 5.74) is 0. The molecule has 0 aliphatic carbocycles. The molecule has 1 fully saturated rings. The molecule has 0 radical (unpaired) electrons. The van der Waals surface area contributed by atoms with E-state index in [-0.39, 0.29) is 18.5 Å². The Kier molecular flexibility index (Phi) is 2.31. The molecule has 0 atom stereocenters. The number of amides is 1. The summed E-state index contributed by atoms with van der Waals surface area (Å²) in [4.78, 5) is 14.0. The fourth-order valence-corrected chi connectivity index (χ4v) is 2.08. The van der Waals surface area contributed by atoms with Crippen LogP contribution in [-0.2, 0) is 0 Å². The van der Waals surface area contributed by atoms with Gasteiger partial charge in [-0.15, -0.1) is 11.3 Å². The minimum Gasteiger partial charge on any atom is -0.337 e. The summed E-state index contributed by atoms with van der Waals surface area (Å²) in [5.74, 6) is 0.114. The molecule has 1 aliphatic heterocycles. The van der Waals surface area contributed by atoms with Gasteiger partial charge in [0.15, 0.2) is 0 Å². The first-order chi connectivity index (χ1) is 6.31. The van der Waals surface area contributed by atoms with Crippen molar-refractivity contribution in [3.63, 3.8) is 0 Å². The van der Waals surface area contributed by atoms with Crippen LogP contribution in [0.1, 0.15) is 9.67 Å². The largest absolute Gasteiger partial charge is 0.337 e. The molecule has 1 aliphatic rings. The summed E-state index contributed by atoms with van der Waals surface area (Å²) in [6, 6.07) is 3.65. The molecular formula is C9H10FNOS. The molecule has 2 heterocycles. The number of hydrogen-bond acceptors (Lipinski definition) is 2. The number of halogens is 1. The van der Waals surface area contributed by atoms with Crippen molar-refractivity contribution in [2.24, 2.45) is 5.92 Å². The van der Waals surface area contributed by atoms with Crippen LogP contribution in [0.3, 0.4) is 0 Å². The number of rotatable bonds is 2. The van der Waals surface area contributed by atoms with E-state index in [1.54, 1.807) is 11.0 Å². The molecule has 0 N–H and O–H groups in total. The average Bonchev–Trinajstić information content (AvgIpc) is 2.53. The van der Waals surface area contributed by atoms with Crippen molar-refractivity contribution in [2.45, 2.75) is 0 Å². The van der Waals surface area contributed by atoms with Gasteiger partial charge in [0.25, 0.3) is 5.91 Å². The zero-order valence-electron chi connectivity index (χ0n) is 7.07. The van der Waals surface area contributed by atoms with Crippen molar-refractivity contribution >= 4 is 17.2 Å². The highest BCUT2D eigenvalue weighted by atomic mass is 32.1. The summed E-state index contributed by atoms with van der Waals surface area (Å²) in [6.45, 7) is 0.842. The van der Waals surface area contributed by atoms with Crippen LogP contribution in [0, 0.1) is 5.92 Å². The Morgan fingerprint density at radius 1 is 1.69 bits per heavy atom. The van der Waals surface area contributed by atoms with Gasteiger partial charge in [-0.3, -0.25) is 9.18 Å². The van der Waals surface area contributed by atoms with Crippen LogP contribution in [-0.4, -0.2) is 30.6 Å². The van der Waals surface area contributed by atoms with Gasteiger partial charge in [0, 0.05) is 19.0 Å². The number of likely N-dealkylation sites (tertiary alicyclic amines) is 1. The van der Waals surface area contributed by atoms with Gasteiger partial charge in [0.05, 0.1) is 11.6 Å². The Balaban J connectivity index is 1.94. The summed E-state index contributed by atoms with van der Waals surface area (Å²) in [6.07, 6.45) is 0. The first kappa shape index (κ1) is 8.69. The van der Waals surface area contributed by atoms with E-state index in [2.05, 4.69) is 0 Å². The maximum atomic E-state index is 12.1. The van der Waals surface area contributed by atoms with Crippen molar-refractivity contribution in [1.82, 2.24) is 4.90 Å². The minimum absolute atomic E-state index is 0.0414. The van der Waals surface area contributed by atoms with Crippen molar-refractivity contribution < 1.29 is 9.18 Å². The average molecular weight is 199 g/mol. The Bertz CT molecular complexity index is 293.